The highest BCUT2D eigenvalue weighted by atomic mass is 16.3. The maximum absolute atomic E-state index is 10.2. The van der Waals surface area contributed by atoms with E-state index in [4.69, 9.17) is 0 Å². The van der Waals surface area contributed by atoms with Crippen molar-refractivity contribution in [3.8, 4) is 0 Å². The third kappa shape index (κ3) is 3.67. The van der Waals surface area contributed by atoms with E-state index in [2.05, 4.69) is 33.4 Å². The Morgan fingerprint density at radius 3 is 2.69 bits per heavy atom. The molecule has 0 aliphatic heterocycles. The minimum atomic E-state index is -0.209. The van der Waals surface area contributed by atoms with Crippen molar-refractivity contribution < 1.29 is 10.2 Å². The molecule has 0 heterocycles. The summed E-state index contributed by atoms with van der Waals surface area (Å²) in [6, 6.07) is 0. The second-order valence-corrected chi connectivity index (χ2v) is 11.6. The van der Waals surface area contributed by atoms with Crippen molar-refractivity contribution in [3.05, 3.63) is 24.3 Å². The van der Waals surface area contributed by atoms with Gasteiger partial charge in [-0.15, -0.1) is 6.58 Å². The maximum Gasteiger partial charge on any atom is 0.0577 e. The zero-order chi connectivity index (χ0) is 20.8. The molecule has 9 atom stereocenters. The molecular formula is C27H44O2. The highest BCUT2D eigenvalue weighted by Crippen LogP contribution is 2.67. The average molecular weight is 401 g/mol. The summed E-state index contributed by atoms with van der Waals surface area (Å²) >= 11 is 0. The lowest BCUT2D eigenvalue weighted by Gasteiger charge is -2.58. The van der Waals surface area contributed by atoms with Gasteiger partial charge in [-0.25, -0.2) is 0 Å². The fraction of sp³-hybridized carbons (Fsp3) is 0.852. The molecule has 0 amide bonds. The lowest BCUT2D eigenvalue weighted by Crippen LogP contribution is -2.50. The van der Waals surface area contributed by atoms with Gasteiger partial charge in [0, 0.05) is 0 Å². The summed E-state index contributed by atoms with van der Waals surface area (Å²) in [4.78, 5) is 0. The number of aliphatic hydroxyl groups excluding tert-OH is 2. The molecule has 29 heavy (non-hydrogen) atoms. The number of fused-ring (bicyclic) bond motifs is 5. The molecule has 2 nitrogen and oxygen atoms in total. The van der Waals surface area contributed by atoms with E-state index in [1.807, 2.05) is 6.08 Å². The van der Waals surface area contributed by atoms with Gasteiger partial charge in [-0.05, 0) is 111 Å². The van der Waals surface area contributed by atoms with Gasteiger partial charge in [0.2, 0.25) is 0 Å². The van der Waals surface area contributed by atoms with Gasteiger partial charge in [0.25, 0.3) is 0 Å². The predicted molar refractivity (Wildman–Crippen MR) is 120 cm³/mol. The van der Waals surface area contributed by atoms with Gasteiger partial charge >= 0.3 is 0 Å². The SMILES string of the molecule is C=CCC(O)CCC(C)C1CCC2C3CC=C4CC(O)CCC4(C)C3CCC12C. The minimum Gasteiger partial charge on any atom is -0.393 e. The fourth-order valence-electron chi connectivity index (χ4n) is 8.58. The summed E-state index contributed by atoms with van der Waals surface area (Å²) < 4.78 is 0. The third-order valence-corrected chi connectivity index (χ3v) is 10.2. The van der Waals surface area contributed by atoms with Gasteiger partial charge in [-0.2, -0.15) is 0 Å². The molecule has 2 heteroatoms. The Labute approximate surface area is 178 Å². The number of hydrogen-bond acceptors (Lipinski definition) is 2. The molecule has 4 aliphatic carbocycles. The Kier molecular flexibility index (Phi) is 6.08. The third-order valence-electron chi connectivity index (χ3n) is 10.2. The first kappa shape index (κ1) is 21.6. The summed E-state index contributed by atoms with van der Waals surface area (Å²) in [7, 11) is 0. The number of hydrogen-bond donors (Lipinski definition) is 2. The number of aliphatic hydroxyl groups is 2. The van der Waals surface area contributed by atoms with Crippen LogP contribution in [0.1, 0.15) is 91.4 Å². The van der Waals surface area contributed by atoms with Gasteiger partial charge in [0.1, 0.15) is 0 Å². The first-order valence-corrected chi connectivity index (χ1v) is 12.5. The quantitative estimate of drug-likeness (QED) is 0.515. The van der Waals surface area contributed by atoms with Crippen LogP contribution < -0.4 is 0 Å². The average Bonchev–Trinajstić information content (AvgIpc) is 3.04. The van der Waals surface area contributed by atoms with Crippen LogP contribution in [-0.4, -0.2) is 22.4 Å². The van der Waals surface area contributed by atoms with Crippen LogP contribution in [0.25, 0.3) is 0 Å². The summed E-state index contributed by atoms with van der Waals surface area (Å²) in [5.41, 5.74) is 2.42. The van der Waals surface area contributed by atoms with E-state index in [1.165, 1.54) is 38.5 Å². The minimum absolute atomic E-state index is 0.104. The molecule has 164 valence electrons. The van der Waals surface area contributed by atoms with Gasteiger partial charge in [0.05, 0.1) is 12.2 Å². The van der Waals surface area contributed by atoms with E-state index >= 15 is 0 Å². The highest BCUT2D eigenvalue weighted by molar-refractivity contribution is 5.25. The van der Waals surface area contributed by atoms with E-state index in [0.717, 1.165) is 55.8 Å². The molecule has 3 fully saturated rings. The van der Waals surface area contributed by atoms with Crippen LogP contribution in [0.15, 0.2) is 24.3 Å². The molecule has 0 radical (unpaired) electrons. The summed E-state index contributed by atoms with van der Waals surface area (Å²) in [6.45, 7) is 11.4. The van der Waals surface area contributed by atoms with E-state index in [1.54, 1.807) is 5.57 Å². The summed E-state index contributed by atoms with van der Waals surface area (Å²) in [6.07, 6.45) is 16.8. The van der Waals surface area contributed by atoms with Crippen molar-refractivity contribution in [3.63, 3.8) is 0 Å². The Balaban J connectivity index is 1.48. The standard InChI is InChI=1S/C27H44O2/c1-5-6-20(28)9-7-18(2)23-11-12-24-22-10-8-19-17-21(29)13-15-26(19,3)25(22)14-16-27(23,24)4/h5,8,18,20-25,28-29H,1,6-7,9-17H2,2-4H3. The van der Waals surface area contributed by atoms with Crippen molar-refractivity contribution >= 4 is 0 Å². The summed E-state index contributed by atoms with van der Waals surface area (Å²) in [5.74, 6) is 4.07. The molecule has 0 saturated heterocycles. The van der Waals surface area contributed by atoms with Gasteiger partial charge in [0.15, 0.2) is 0 Å². The van der Waals surface area contributed by atoms with Crippen LogP contribution in [0.2, 0.25) is 0 Å². The second-order valence-electron chi connectivity index (χ2n) is 11.6. The van der Waals surface area contributed by atoms with E-state index < -0.39 is 0 Å². The predicted octanol–water partition coefficient (Wildman–Crippen LogP) is 6.28. The normalized spacial score (nSPS) is 46.1. The van der Waals surface area contributed by atoms with Gasteiger partial charge in [-0.1, -0.05) is 38.5 Å². The highest BCUT2D eigenvalue weighted by Gasteiger charge is 2.59. The first-order chi connectivity index (χ1) is 13.8. The lowest BCUT2D eigenvalue weighted by atomic mass is 9.47. The molecule has 0 bridgehead atoms. The van der Waals surface area contributed by atoms with Crippen LogP contribution >= 0.6 is 0 Å². The number of rotatable bonds is 6. The smallest absolute Gasteiger partial charge is 0.0577 e. The Morgan fingerprint density at radius 2 is 1.93 bits per heavy atom. The van der Waals surface area contributed by atoms with Gasteiger partial charge < -0.3 is 10.2 Å². The van der Waals surface area contributed by atoms with E-state index in [9.17, 15) is 10.2 Å². The summed E-state index contributed by atoms with van der Waals surface area (Å²) in [5, 5.41) is 20.4. The molecule has 9 unspecified atom stereocenters. The molecular weight excluding hydrogens is 356 g/mol. The maximum atomic E-state index is 10.2. The van der Waals surface area contributed by atoms with Crippen LogP contribution in [-0.2, 0) is 0 Å². The molecule has 0 aromatic carbocycles. The van der Waals surface area contributed by atoms with Crippen LogP contribution in [0.3, 0.4) is 0 Å². The zero-order valence-electron chi connectivity index (χ0n) is 19.1. The second kappa shape index (κ2) is 8.15. The molecule has 4 aliphatic rings. The molecule has 2 N–H and O–H groups in total. The Hall–Kier alpha value is -0.600. The lowest BCUT2D eigenvalue weighted by molar-refractivity contribution is -0.0577. The molecule has 0 spiro atoms. The van der Waals surface area contributed by atoms with E-state index in [-0.39, 0.29) is 12.2 Å². The number of allylic oxidation sites excluding steroid dienone is 1. The van der Waals surface area contributed by atoms with E-state index in [0.29, 0.717) is 16.7 Å². The topological polar surface area (TPSA) is 40.5 Å². The monoisotopic (exact) mass is 400 g/mol. The molecule has 3 saturated carbocycles. The van der Waals surface area contributed by atoms with Crippen LogP contribution in [0.4, 0.5) is 0 Å². The Morgan fingerprint density at radius 1 is 1.14 bits per heavy atom. The van der Waals surface area contributed by atoms with Crippen molar-refractivity contribution in [1.29, 1.82) is 0 Å². The van der Waals surface area contributed by atoms with Gasteiger partial charge in [-0.3, -0.25) is 0 Å². The van der Waals surface area contributed by atoms with Crippen LogP contribution in [0.5, 0.6) is 0 Å². The molecule has 0 aromatic rings. The van der Waals surface area contributed by atoms with Crippen molar-refractivity contribution in [1.82, 2.24) is 0 Å². The Bertz CT molecular complexity index is 638. The van der Waals surface area contributed by atoms with Crippen LogP contribution in [0, 0.1) is 40.4 Å². The molecule has 4 rings (SSSR count). The van der Waals surface area contributed by atoms with Crippen molar-refractivity contribution in [2.75, 3.05) is 0 Å². The molecule has 0 aromatic heterocycles. The largest absolute Gasteiger partial charge is 0.393 e. The zero-order valence-corrected chi connectivity index (χ0v) is 19.1. The fourth-order valence-corrected chi connectivity index (χ4v) is 8.58. The first-order valence-electron chi connectivity index (χ1n) is 12.5. The van der Waals surface area contributed by atoms with Crippen molar-refractivity contribution in [2.24, 2.45) is 40.4 Å². The van der Waals surface area contributed by atoms with Crippen molar-refractivity contribution in [2.45, 2.75) is 104 Å².